The van der Waals surface area contributed by atoms with Crippen molar-refractivity contribution >= 4 is 17.7 Å². The van der Waals surface area contributed by atoms with E-state index < -0.39 is 0 Å². The zero-order valence-electron chi connectivity index (χ0n) is 15.0. The van der Waals surface area contributed by atoms with Crippen LogP contribution in [0, 0.1) is 0 Å². The van der Waals surface area contributed by atoms with Crippen LogP contribution in [0.4, 0.5) is 10.5 Å². The Morgan fingerprint density at radius 2 is 1.92 bits per heavy atom. The first-order chi connectivity index (χ1) is 11.5. The average Bonchev–Trinajstić information content (AvgIpc) is 2.55. The van der Waals surface area contributed by atoms with E-state index in [1.54, 1.807) is 14.2 Å². The highest BCUT2D eigenvalue weighted by atomic mass is 16.5. The molecule has 0 aliphatic carbocycles. The fraction of sp³-hybridized carbons (Fsp3) is 0.529. The maximum Gasteiger partial charge on any atom is 0.319 e. The van der Waals surface area contributed by atoms with Gasteiger partial charge in [0.25, 0.3) is 0 Å². The number of amides is 2. The summed E-state index contributed by atoms with van der Waals surface area (Å²) in [6.07, 6.45) is 0.927. The average molecular weight is 335 g/mol. The summed E-state index contributed by atoms with van der Waals surface area (Å²) >= 11 is 0. The molecular weight excluding hydrogens is 306 g/mol. The van der Waals surface area contributed by atoms with Crippen molar-refractivity contribution in [2.24, 2.45) is 4.99 Å². The number of benzene rings is 1. The van der Waals surface area contributed by atoms with Crippen molar-refractivity contribution in [1.82, 2.24) is 16.0 Å². The first-order valence-corrected chi connectivity index (χ1v) is 8.15. The van der Waals surface area contributed by atoms with Gasteiger partial charge in [-0.15, -0.1) is 0 Å². The topological polar surface area (TPSA) is 86.8 Å². The zero-order valence-corrected chi connectivity index (χ0v) is 15.0. The highest BCUT2D eigenvalue weighted by Gasteiger charge is 2.03. The highest BCUT2D eigenvalue weighted by Crippen LogP contribution is 2.09. The molecule has 0 spiro atoms. The molecule has 0 bridgehead atoms. The molecule has 0 atom stereocenters. The number of carbonyl (C=O) groups is 1. The highest BCUT2D eigenvalue weighted by molar-refractivity contribution is 5.89. The monoisotopic (exact) mass is 335 g/mol. The van der Waals surface area contributed by atoms with Crippen LogP contribution in [0.2, 0.25) is 0 Å². The molecule has 7 heteroatoms. The first kappa shape index (κ1) is 19.8. The molecule has 1 aromatic rings. The molecule has 134 valence electrons. The quantitative estimate of drug-likeness (QED) is 0.332. The number of hydrogen-bond acceptors (Lipinski definition) is 3. The van der Waals surface area contributed by atoms with Gasteiger partial charge in [-0.05, 0) is 38.0 Å². The van der Waals surface area contributed by atoms with Crippen LogP contribution in [0.3, 0.4) is 0 Å². The van der Waals surface area contributed by atoms with Crippen LogP contribution in [0.5, 0.6) is 0 Å². The summed E-state index contributed by atoms with van der Waals surface area (Å²) in [7, 11) is 3.43. The number of aliphatic imine (C=N–C) groups is 1. The van der Waals surface area contributed by atoms with Gasteiger partial charge in [0.1, 0.15) is 0 Å². The summed E-state index contributed by atoms with van der Waals surface area (Å²) in [5.41, 5.74) is 1.86. The summed E-state index contributed by atoms with van der Waals surface area (Å²) in [6.45, 7) is 6.03. The standard InChI is InChI=1S/C17H29N5O2/c1-13(2)21-17(23)22-15-8-6-14(7-9-15)12-20-16(18-3)19-10-5-11-24-4/h6-9,13H,5,10-12H2,1-4H3,(H2,18,19,20)(H2,21,22,23). The summed E-state index contributed by atoms with van der Waals surface area (Å²) in [5.74, 6) is 0.754. The van der Waals surface area contributed by atoms with Gasteiger partial charge in [0.2, 0.25) is 0 Å². The van der Waals surface area contributed by atoms with Crippen LogP contribution in [-0.2, 0) is 11.3 Å². The number of urea groups is 1. The third-order valence-electron chi connectivity index (χ3n) is 3.13. The van der Waals surface area contributed by atoms with Crippen molar-refractivity contribution in [2.75, 3.05) is 32.6 Å². The molecule has 24 heavy (non-hydrogen) atoms. The lowest BCUT2D eigenvalue weighted by molar-refractivity contribution is 0.195. The van der Waals surface area contributed by atoms with Crippen molar-refractivity contribution in [3.05, 3.63) is 29.8 Å². The molecule has 7 nitrogen and oxygen atoms in total. The molecule has 0 saturated carbocycles. The summed E-state index contributed by atoms with van der Waals surface area (Å²) < 4.78 is 5.01. The molecule has 1 aromatic carbocycles. The van der Waals surface area contributed by atoms with E-state index in [-0.39, 0.29) is 12.1 Å². The molecule has 0 aliphatic rings. The lowest BCUT2D eigenvalue weighted by atomic mass is 10.2. The lowest BCUT2D eigenvalue weighted by Crippen LogP contribution is -2.37. The van der Waals surface area contributed by atoms with Crippen LogP contribution < -0.4 is 21.3 Å². The number of methoxy groups -OCH3 is 1. The van der Waals surface area contributed by atoms with Crippen LogP contribution in [0.1, 0.15) is 25.8 Å². The van der Waals surface area contributed by atoms with Gasteiger partial charge < -0.3 is 26.0 Å². The Hall–Kier alpha value is -2.28. The van der Waals surface area contributed by atoms with E-state index >= 15 is 0 Å². The van der Waals surface area contributed by atoms with E-state index in [2.05, 4.69) is 26.3 Å². The zero-order chi connectivity index (χ0) is 17.8. The normalized spacial score (nSPS) is 11.3. The molecule has 1 rings (SSSR count). The van der Waals surface area contributed by atoms with E-state index in [0.29, 0.717) is 6.54 Å². The molecule has 0 saturated heterocycles. The van der Waals surface area contributed by atoms with Crippen molar-refractivity contribution < 1.29 is 9.53 Å². The van der Waals surface area contributed by atoms with Gasteiger partial charge in [0, 0.05) is 45.6 Å². The van der Waals surface area contributed by atoms with Crippen LogP contribution >= 0.6 is 0 Å². The van der Waals surface area contributed by atoms with Gasteiger partial charge >= 0.3 is 6.03 Å². The predicted molar refractivity (Wildman–Crippen MR) is 98.4 cm³/mol. The number of rotatable bonds is 8. The second-order valence-corrected chi connectivity index (χ2v) is 5.65. The maximum absolute atomic E-state index is 11.6. The van der Waals surface area contributed by atoms with Crippen LogP contribution in [0.25, 0.3) is 0 Å². The van der Waals surface area contributed by atoms with E-state index in [4.69, 9.17) is 4.74 Å². The SMILES string of the molecule is CN=C(NCCCOC)NCc1ccc(NC(=O)NC(C)C)cc1. The van der Waals surface area contributed by atoms with Crippen LogP contribution in [0.15, 0.2) is 29.3 Å². The Morgan fingerprint density at radius 3 is 2.50 bits per heavy atom. The van der Waals surface area contributed by atoms with Gasteiger partial charge in [-0.1, -0.05) is 12.1 Å². The predicted octanol–water partition coefficient (Wildman–Crippen LogP) is 1.92. The molecular formula is C17H29N5O2. The Labute approximate surface area is 144 Å². The third kappa shape index (κ3) is 8.38. The van der Waals surface area contributed by atoms with Gasteiger partial charge in [0.15, 0.2) is 5.96 Å². The maximum atomic E-state index is 11.6. The molecule has 0 aromatic heterocycles. The second kappa shape index (κ2) is 11.3. The number of guanidine groups is 1. The first-order valence-electron chi connectivity index (χ1n) is 8.15. The largest absolute Gasteiger partial charge is 0.385 e. The number of carbonyl (C=O) groups excluding carboxylic acids is 1. The molecule has 0 heterocycles. The summed E-state index contributed by atoms with van der Waals surface area (Å²) in [6, 6.07) is 7.61. The molecule has 0 fully saturated rings. The van der Waals surface area contributed by atoms with Crippen molar-refractivity contribution in [3.63, 3.8) is 0 Å². The van der Waals surface area contributed by atoms with Gasteiger partial charge in [-0.2, -0.15) is 0 Å². The van der Waals surface area contributed by atoms with E-state index in [9.17, 15) is 4.79 Å². The van der Waals surface area contributed by atoms with Gasteiger partial charge in [0.05, 0.1) is 0 Å². The number of nitrogens with zero attached hydrogens (tertiary/aromatic N) is 1. The van der Waals surface area contributed by atoms with E-state index in [0.717, 1.165) is 36.8 Å². The summed E-state index contributed by atoms with van der Waals surface area (Å²) in [5, 5.41) is 12.1. The van der Waals surface area contributed by atoms with Gasteiger partial charge in [-0.25, -0.2) is 4.79 Å². The minimum Gasteiger partial charge on any atom is -0.385 e. The van der Waals surface area contributed by atoms with Crippen LogP contribution in [-0.4, -0.2) is 45.3 Å². The minimum atomic E-state index is -0.198. The third-order valence-corrected chi connectivity index (χ3v) is 3.13. The molecule has 0 radical (unpaired) electrons. The Morgan fingerprint density at radius 1 is 1.21 bits per heavy atom. The molecule has 0 unspecified atom stereocenters. The minimum absolute atomic E-state index is 0.108. The smallest absolute Gasteiger partial charge is 0.319 e. The fourth-order valence-electron chi connectivity index (χ4n) is 1.96. The van der Waals surface area contributed by atoms with Crippen molar-refractivity contribution in [1.29, 1.82) is 0 Å². The summed E-state index contributed by atoms with van der Waals surface area (Å²) in [4.78, 5) is 15.8. The Balaban J connectivity index is 2.39. The van der Waals surface area contributed by atoms with Crippen molar-refractivity contribution in [2.45, 2.75) is 32.9 Å². The number of hydrogen-bond donors (Lipinski definition) is 4. The van der Waals surface area contributed by atoms with Crippen molar-refractivity contribution in [3.8, 4) is 0 Å². The Bertz CT molecular complexity index is 514. The fourth-order valence-corrected chi connectivity index (χ4v) is 1.96. The van der Waals surface area contributed by atoms with E-state index in [1.165, 1.54) is 0 Å². The van der Waals surface area contributed by atoms with E-state index in [1.807, 2.05) is 38.1 Å². The Kier molecular flexibility index (Phi) is 9.29. The number of nitrogens with one attached hydrogen (secondary N) is 4. The second-order valence-electron chi connectivity index (χ2n) is 5.65. The number of anilines is 1. The molecule has 0 aliphatic heterocycles. The molecule has 4 N–H and O–H groups in total. The van der Waals surface area contributed by atoms with Gasteiger partial charge in [-0.3, -0.25) is 4.99 Å². The number of ether oxygens (including phenoxy) is 1. The molecule has 2 amide bonds. The lowest BCUT2D eigenvalue weighted by Gasteiger charge is -2.13.